The Bertz CT molecular complexity index is 458. The maximum absolute atomic E-state index is 12.6. The fourth-order valence-electron chi connectivity index (χ4n) is 1.84. The monoisotopic (exact) mass is 314 g/mol. The molecule has 0 saturated carbocycles. The second-order valence-electron chi connectivity index (χ2n) is 5.04. The van der Waals surface area contributed by atoms with Crippen LogP contribution in [0.1, 0.15) is 35.8 Å². The fourth-order valence-corrected chi connectivity index (χ4v) is 2.05. The molecule has 0 unspecified atom stereocenters. The van der Waals surface area contributed by atoms with Gasteiger partial charge in [0, 0.05) is 38.6 Å². The summed E-state index contributed by atoms with van der Waals surface area (Å²) in [7, 11) is 3.22. The minimum Gasteiger partial charge on any atom is -0.383 e. The zero-order valence-corrected chi connectivity index (χ0v) is 13.8. The second kappa shape index (κ2) is 8.97. The number of aromatic nitrogens is 1. The summed E-state index contributed by atoms with van der Waals surface area (Å²) in [6, 6.07) is 3.40. The maximum Gasteiger partial charge on any atom is 0.254 e. The van der Waals surface area contributed by atoms with Crippen LogP contribution in [-0.2, 0) is 9.47 Å². The van der Waals surface area contributed by atoms with E-state index in [1.54, 1.807) is 31.3 Å². The number of amides is 1. The molecule has 1 amide bonds. The Kier molecular flexibility index (Phi) is 7.64. The number of methoxy groups -OCH3 is 2. The van der Waals surface area contributed by atoms with Gasteiger partial charge < -0.3 is 14.4 Å². The lowest BCUT2D eigenvalue weighted by Crippen LogP contribution is -2.36. The fraction of sp³-hybridized carbons (Fsp3) is 0.600. The molecule has 1 heterocycles. The topological polar surface area (TPSA) is 51.7 Å². The van der Waals surface area contributed by atoms with Crippen LogP contribution in [0.25, 0.3) is 0 Å². The van der Waals surface area contributed by atoms with Gasteiger partial charge in [0.2, 0.25) is 0 Å². The van der Waals surface area contributed by atoms with E-state index in [1.165, 1.54) is 0 Å². The molecular weight excluding hydrogens is 292 g/mol. The molecule has 1 aromatic rings. The van der Waals surface area contributed by atoms with Crippen LogP contribution in [-0.4, -0.2) is 56.3 Å². The van der Waals surface area contributed by atoms with Crippen molar-refractivity contribution in [3.05, 3.63) is 28.5 Å². The molecule has 0 aromatic carbocycles. The number of rotatable bonds is 8. The van der Waals surface area contributed by atoms with Crippen molar-refractivity contribution in [1.82, 2.24) is 9.88 Å². The highest BCUT2D eigenvalue weighted by Crippen LogP contribution is 2.19. The summed E-state index contributed by atoms with van der Waals surface area (Å²) in [6.07, 6.45) is 0. The molecule has 0 spiro atoms. The molecule has 118 valence electrons. The SMILES string of the molecule is COCCN(CCOC)C(=O)c1cc(Cl)nc(C(C)C)c1. The molecule has 0 radical (unpaired) electrons. The Labute approximate surface area is 131 Å². The minimum absolute atomic E-state index is 0.0877. The van der Waals surface area contributed by atoms with Crippen LogP contribution in [0.2, 0.25) is 5.15 Å². The Morgan fingerprint density at radius 2 is 1.81 bits per heavy atom. The van der Waals surface area contributed by atoms with E-state index in [0.29, 0.717) is 37.0 Å². The van der Waals surface area contributed by atoms with Crippen molar-refractivity contribution in [3.8, 4) is 0 Å². The molecule has 0 N–H and O–H groups in total. The standard InChI is InChI=1S/C15H23ClN2O3/c1-11(2)13-9-12(10-14(16)17-13)15(19)18(5-7-20-3)6-8-21-4/h9-11H,5-8H2,1-4H3. The lowest BCUT2D eigenvalue weighted by atomic mass is 10.1. The third kappa shape index (κ3) is 5.61. The molecule has 1 aromatic heterocycles. The van der Waals surface area contributed by atoms with E-state index in [1.807, 2.05) is 13.8 Å². The molecule has 21 heavy (non-hydrogen) atoms. The summed E-state index contributed by atoms with van der Waals surface area (Å²) in [5, 5.41) is 0.336. The number of ether oxygens (including phenoxy) is 2. The number of hydrogen-bond donors (Lipinski definition) is 0. The predicted octanol–water partition coefficient (Wildman–Crippen LogP) is 2.59. The van der Waals surface area contributed by atoms with Crippen molar-refractivity contribution < 1.29 is 14.3 Å². The Morgan fingerprint density at radius 1 is 1.24 bits per heavy atom. The van der Waals surface area contributed by atoms with Gasteiger partial charge in [-0.05, 0) is 18.1 Å². The lowest BCUT2D eigenvalue weighted by Gasteiger charge is -2.22. The van der Waals surface area contributed by atoms with Gasteiger partial charge >= 0.3 is 0 Å². The number of nitrogens with zero attached hydrogens (tertiary/aromatic N) is 2. The van der Waals surface area contributed by atoms with Gasteiger partial charge in [0.25, 0.3) is 5.91 Å². The third-order valence-corrected chi connectivity index (χ3v) is 3.26. The molecule has 5 nitrogen and oxygen atoms in total. The molecule has 1 rings (SSSR count). The number of hydrogen-bond acceptors (Lipinski definition) is 4. The van der Waals surface area contributed by atoms with Gasteiger partial charge in [0.1, 0.15) is 5.15 Å². The lowest BCUT2D eigenvalue weighted by molar-refractivity contribution is 0.0627. The van der Waals surface area contributed by atoms with Gasteiger partial charge in [-0.3, -0.25) is 4.79 Å². The molecule has 0 saturated heterocycles. The highest BCUT2D eigenvalue weighted by atomic mass is 35.5. The third-order valence-electron chi connectivity index (χ3n) is 3.07. The van der Waals surface area contributed by atoms with Crippen LogP contribution in [0.4, 0.5) is 0 Å². The zero-order chi connectivity index (χ0) is 15.8. The van der Waals surface area contributed by atoms with Gasteiger partial charge in [-0.1, -0.05) is 25.4 Å². The van der Waals surface area contributed by atoms with Crippen molar-refractivity contribution >= 4 is 17.5 Å². The first-order valence-corrected chi connectivity index (χ1v) is 7.32. The Hall–Kier alpha value is -1.17. The van der Waals surface area contributed by atoms with E-state index in [0.717, 1.165) is 5.69 Å². The Morgan fingerprint density at radius 3 is 2.29 bits per heavy atom. The van der Waals surface area contributed by atoms with Crippen LogP contribution in [0.5, 0.6) is 0 Å². The average Bonchev–Trinajstić information content (AvgIpc) is 2.46. The van der Waals surface area contributed by atoms with Crippen LogP contribution in [0.15, 0.2) is 12.1 Å². The van der Waals surface area contributed by atoms with E-state index < -0.39 is 0 Å². The van der Waals surface area contributed by atoms with Crippen molar-refractivity contribution in [1.29, 1.82) is 0 Å². The molecule has 0 aliphatic carbocycles. The minimum atomic E-state index is -0.0877. The summed E-state index contributed by atoms with van der Waals surface area (Å²) in [6.45, 7) is 6.00. The first-order valence-electron chi connectivity index (χ1n) is 6.94. The van der Waals surface area contributed by atoms with Gasteiger partial charge in [-0.25, -0.2) is 4.98 Å². The van der Waals surface area contributed by atoms with E-state index >= 15 is 0 Å². The number of halogens is 1. The zero-order valence-electron chi connectivity index (χ0n) is 13.1. The van der Waals surface area contributed by atoms with Crippen molar-refractivity contribution in [2.75, 3.05) is 40.5 Å². The quantitative estimate of drug-likeness (QED) is 0.692. The summed E-state index contributed by atoms with van der Waals surface area (Å²) < 4.78 is 10.1. The number of carbonyl (C=O) groups is 1. The van der Waals surface area contributed by atoms with Crippen LogP contribution >= 0.6 is 11.6 Å². The summed E-state index contributed by atoms with van der Waals surface area (Å²) >= 11 is 6.02. The molecule has 0 fully saturated rings. The van der Waals surface area contributed by atoms with Gasteiger partial charge in [0.15, 0.2) is 0 Å². The first kappa shape index (κ1) is 17.9. The van der Waals surface area contributed by atoms with E-state index in [9.17, 15) is 4.79 Å². The van der Waals surface area contributed by atoms with Crippen molar-refractivity contribution in [3.63, 3.8) is 0 Å². The smallest absolute Gasteiger partial charge is 0.254 e. The summed E-state index contributed by atoms with van der Waals surface area (Å²) in [5.41, 5.74) is 1.36. The summed E-state index contributed by atoms with van der Waals surface area (Å²) in [5.74, 6) is 0.122. The Balaban J connectivity index is 2.95. The van der Waals surface area contributed by atoms with Crippen molar-refractivity contribution in [2.24, 2.45) is 0 Å². The molecule has 6 heteroatoms. The molecular formula is C15H23ClN2O3. The van der Waals surface area contributed by atoms with Crippen LogP contribution in [0, 0.1) is 0 Å². The summed E-state index contributed by atoms with van der Waals surface area (Å²) in [4.78, 5) is 18.6. The molecule has 0 atom stereocenters. The predicted molar refractivity (Wildman–Crippen MR) is 83.0 cm³/mol. The van der Waals surface area contributed by atoms with E-state index in [2.05, 4.69) is 4.98 Å². The first-order chi connectivity index (χ1) is 9.99. The van der Waals surface area contributed by atoms with Gasteiger partial charge in [-0.2, -0.15) is 0 Å². The molecule has 0 bridgehead atoms. The molecule has 0 aliphatic rings. The number of carbonyl (C=O) groups excluding carboxylic acids is 1. The highest BCUT2D eigenvalue weighted by Gasteiger charge is 2.17. The van der Waals surface area contributed by atoms with Crippen LogP contribution < -0.4 is 0 Å². The van der Waals surface area contributed by atoms with Gasteiger partial charge in [0.05, 0.1) is 13.2 Å². The van der Waals surface area contributed by atoms with Crippen molar-refractivity contribution in [2.45, 2.75) is 19.8 Å². The van der Waals surface area contributed by atoms with E-state index in [4.69, 9.17) is 21.1 Å². The highest BCUT2D eigenvalue weighted by molar-refractivity contribution is 6.29. The normalized spacial score (nSPS) is 11.0. The second-order valence-corrected chi connectivity index (χ2v) is 5.42. The van der Waals surface area contributed by atoms with Gasteiger partial charge in [-0.15, -0.1) is 0 Å². The van der Waals surface area contributed by atoms with Crippen LogP contribution in [0.3, 0.4) is 0 Å². The van der Waals surface area contributed by atoms with E-state index in [-0.39, 0.29) is 11.8 Å². The maximum atomic E-state index is 12.6. The average molecular weight is 315 g/mol. The molecule has 0 aliphatic heterocycles. The largest absolute Gasteiger partial charge is 0.383 e. The number of pyridine rings is 1.